The van der Waals surface area contributed by atoms with Crippen molar-refractivity contribution >= 4 is 0 Å². The van der Waals surface area contributed by atoms with E-state index in [4.69, 9.17) is 5.11 Å². The summed E-state index contributed by atoms with van der Waals surface area (Å²) in [5.74, 6) is 1.58. The first-order valence-electron chi connectivity index (χ1n) is 5.83. The molecule has 0 radical (unpaired) electrons. The Morgan fingerprint density at radius 2 is 2.00 bits per heavy atom. The average molecular weight is 208 g/mol. The molecular formula is C12H20N2O. The van der Waals surface area contributed by atoms with E-state index in [1.165, 1.54) is 19.3 Å². The van der Waals surface area contributed by atoms with E-state index in [0.29, 0.717) is 6.04 Å². The van der Waals surface area contributed by atoms with E-state index >= 15 is 0 Å². The fourth-order valence-electron chi connectivity index (χ4n) is 2.78. The van der Waals surface area contributed by atoms with Crippen LogP contribution in [0.4, 0.5) is 0 Å². The van der Waals surface area contributed by atoms with Crippen LogP contribution in [0.1, 0.15) is 44.7 Å². The molecule has 1 aromatic rings. The molecule has 0 bridgehead atoms. The highest BCUT2D eigenvalue weighted by Crippen LogP contribution is 2.35. The molecule has 1 aliphatic carbocycles. The molecule has 2 atom stereocenters. The zero-order chi connectivity index (χ0) is 10.8. The molecule has 1 N–H and O–H groups in total. The molecule has 3 heteroatoms. The normalized spacial score (nSPS) is 31.8. The van der Waals surface area contributed by atoms with Crippen molar-refractivity contribution in [3.8, 4) is 0 Å². The molecule has 0 aliphatic heterocycles. The van der Waals surface area contributed by atoms with Crippen LogP contribution in [0, 0.1) is 11.8 Å². The lowest BCUT2D eigenvalue weighted by Gasteiger charge is -2.31. The van der Waals surface area contributed by atoms with Gasteiger partial charge in [0, 0.05) is 11.8 Å². The van der Waals surface area contributed by atoms with E-state index in [1.807, 2.05) is 10.9 Å². The third kappa shape index (κ3) is 2.40. The summed E-state index contributed by atoms with van der Waals surface area (Å²) in [7, 11) is 0. The number of hydrogen-bond acceptors (Lipinski definition) is 2. The highest BCUT2D eigenvalue weighted by Gasteiger charge is 2.25. The fraction of sp³-hybridized carbons (Fsp3) is 0.750. The maximum absolute atomic E-state index is 9.00. The summed E-state index contributed by atoms with van der Waals surface area (Å²) < 4.78 is 2.04. The summed E-state index contributed by atoms with van der Waals surface area (Å²) in [6.07, 6.45) is 7.53. The van der Waals surface area contributed by atoms with Gasteiger partial charge in [-0.25, -0.2) is 0 Å². The predicted molar refractivity (Wildman–Crippen MR) is 59.4 cm³/mol. The smallest absolute Gasteiger partial charge is 0.0712 e. The number of aliphatic hydroxyl groups excluding tert-OH is 1. The first kappa shape index (κ1) is 10.7. The Morgan fingerprint density at radius 3 is 2.53 bits per heavy atom. The lowest BCUT2D eigenvalue weighted by molar-refractivity contribution is 0.209. The van der Waals surface area contributed by atoms with Crippen molar-refractivity contribution in [3.05, 3.63) is 18.0 Å². The third-order valence-corrected chi connectivity index (χ3v) is 3.37. The molecule has 0 aromatic carbocycles. The molecule has 84 valence electrons. The number of rotatable bonds is 2. The van der Waals surface area contributed by atoms with Gasteiger partial charge in [0.25, 0.3) is 0 Å². The molecule has 0 amide bonds. The Morgan fingerprint density at radius 1 is 1.33 bits per heavy atom. The number of hydrogen-bond donors (Lipinski definition) is 1. The van der Waals surface area contributed by atoms with Gasteiger partial charge < -0.3 is 5.11 Å². The molecule has 3 nitrogen and oxygen atoms in total. The number of aromatic nitrogens is 2. The van der Waals surface area contributed by atoms with Gasteiger partial charge in [0.05, 0.1) is 18.8 Å². The second kappa shape index (κ2) is 4.35. The summed E-state index contributed by atoms with van der Waals surface area (Å²) in [5, 5.41) is 13.3. The summed E-state index contributed by atoms with van der Waals surface area (Å²) in [6.45, 7) is 4.73. The van der Waals surface area contributed by atoms with Crippen molar-refractivity contribution in [2.75, 3.05) is 0 Å². The van der Waals surface area contributed by atoms with Crippen LogP contribution in [-0.4, -0.2) is 14.9 Å². The molecule has 1 heterocycles. The van der Waals surface area contributed by atoms with Crippen LogP contribution in [0.5, 0.6) is 0 Å². The van der Waals surface area contributed by atoms with E-state index in [1.54, 1.807) is 6.20 Å². The Kier molecular flexibility index (Phi) is 3.10. The molecule has 0 spiro atoms. The zero-order valence-corrected chi connectivity index (χ0v) is 9.56. The van der Waals surface area contributed by atoms with Gasteiger partial charge in [0.15, 0.2) is 0 Å². The first-order valence-corrected chi connectivity index (χ1v) is 5.83. The standard InChI is InChI=1S/C12H20N2O/c1-9-3-10(2)5-12(4-9)14-7-11(8-15)6-13-14/h6-7,9-10,12,15H,3-5,8H2,1-2H3. The quantitative estimate of drug-likeness (QED) is 0.810. The molecule has 1 fully saturated rings. The van der Waals surface area contributed by atoms with Crippen LogP contribution in [0.3, 0.4) is 0 Å². The van der Waals surface area contributed by atoms with Gasteiger partial charge in [-0.05, 0) is 31.1 Å². The molecule has 1 aromatic heterocycles. The molecule has 2 rings (SSSR count). The lowest BCUT2D eigenvalue weighted by Crippen LogP contribution is -2.22. The first-order chi connectivity index (χ1) is 7.19. The van der Waals surface area contributed by atoms with Crippen molar-refractivity contribution in [2.24, 2.45) is 11.8 Å². The van der Waals surface area contributed by atoms with Gasteiger partial charge in [0.1, 0.15) is 0 Å². The number of nitrogens with zero attached hydrogens (tertiary/aromatic N) is 2. The van der Waals surface area contributed by atoms with Gasteiger partial charge >= 0.3 is 0 Å². The Bertz CT molecular complexity index is 311. The summed E-state index contributed by atoms with van der Waals surface area (Å²) in [6, 6.07) is 0.532. The van der Waals surface area contributed by atoms with E-state index in [-0.39, 0.29) is 6.61 Å². The van der Waals surface area contributed by atoms with E-state index in [2.05, 4.69) is 18.9 Å². The van der Waals surface area contributed by atoms with Gasteiger partial charge in [-0.2, -0.15) is 5.10 Å². The van der Waals surface area contributed by atoms with Gasteiger partial charge in [-0.15, -0.1) is 0 Å². The topological polar surface area (TPSA) is 38.0 Å². The molecular weight excluding hydrogens is 188 g/mol. The van der Waals surface area contributed by atoms with Crippen LogP contribution in [-0.2, 0) is 6.61 Å². The second-order valence-electron chi connectivity index (χ2n) is 5.06. The van der Waals surface area contributed by atoms with Crippen molar-refractivity contribution in [2.45, 2.75) is 45.8 Å². The van der Waals surface area contributed by atoms with Crippen molar-refractivity contribution in [1.29, 1.82) is 0 Å². The molecule has 0 saturated heterocycles. The highest BCUT2D eigenvalue weighted by molar-refractivity contribution is 5.02. The van der Waals surface area contributed by atoms with Crippen LogP contribution < -0.4 is 0 Å². The highest BCUT2D eigenvalue weighted by atomic mass is 16.3. The summed E-state index contributed by atoms with van der Waals surface area (Å²) in [5.41, 5.74) is 0.917. The average Bonchev–Trinajstić information content (AvgIpc) is 2.64. The van der Waals surface area contributed by atoms with E-state index in [0.717, 1.165) is 17.4 Å². The van der Waals surface area contributed by atoms with Gasteiger partial charge in [-0.3, -0.25) is 4.68 Å². The minimum absolute atomic E-state index is 0.0951. The van der Waals surface area contributed by atoms with Gasteiger partial charge in [-0.1, -0.05) is 13.8 Å². The molecule has 1 saturated carbocycles. The van der Waals surface area contributed by atoms with Crippen molar-refractivity contribution < 1.29 is 5.11 Å². The van der Waals surface area contributed by atoms with Crippen molar-refractivity contribution in [3.63, 3.8) is 0 Å². The largest absolute Gasteiger partial charge is 0.392 e. The fourth-order valence-corrected chi connectivity index (χ4v) is 2.78. The minimum Gasteiger partial charge on any atom is -0.392 e. The SMILES string of the molecule is CC1CC(C)CC(n2cc(CO)cn2)C1. The predicted octanol–water partition coefficient (Wildman–Crippen LogP) is 2.37. The van der Waals surface area contributed by atoms with Crippen molar-refractivity contribution in [1.82, 2.24) is 9.78 Å². The van der Waals surface area contributed by atoms with Crippen LogP contribution in [0.15, 0.2) is 12.4 Å². The van der Waals surface area contributed by atoms with E-state index in [9.17, 15) is 0 Å². The Hall–Kier alpha value is -0.830. The van der Waals surface area contributed by atoms with E-state index < -0.39 is 0 Å². The lowest BCUT2D eigenvalue weighted by atomic mass is 9.80. The molecule has 15 heavy (non-hydrogen) atoms. The third-order valence-electron chi connectivity index (χ3n) is 3.37. The summed E-state index contributed by atoms with van der Waals surface area (Å²) >= 11 is 0. The maximum Gasteiger partial charge on any atom is 0.0712 e. The Balaban J connectivity index is 2.09. The number of aliphatic hydroxyl groups is 1. The van der Waals surface area contributed by atoms with Crippen LogP contribution in [0.25, 0.3) is 0 Å². The van der Waals surface area contributed by atoms with Crippen LogP contribution >= 0.6 is 0 Å². The van der Waals surface area contributed by atoms with Gasteiger partial charge in [0.2, 0.25) is 0 Å². The molecule has 2 unspecified atom stereocenters. The summed E-state index contributed by atoms with van der Waals surface area (Å²) in [4.78, 5) is 0. The maximum atomic E-state index is 9.00. The second-order valence-corrected chi connectivity index (χ2v) is 5.06. The molecule has 1 aliphatic rings. The monoisotopic (exact) mass is 208 g/mol. The Labute approximate surface area is 91.1 Å². The zero-order valence-electron chi connectivity index (χ0n) is 9.56. The van der Waals surface area contributed by atoms with Crippen LogP contribution in [0.2, 0.25) is 0 Å². The minimum atomic E-state index is 0.0951.